The van der Waals surface area contributed by atoms with Crippen molar-refractivity contribution in [3.8, 4) is 0 Å². The predicted molar refractivity (Wildman–Crippen MR) is 72.2 cm³/mol. The highest BCUT2D eigenvalue weighted by Crippen LogP contribution is 2.10. The van der Waals surface area contributed by atoms with Crippen LogP contribution in [-0.4, -0.2) is 76.8 Å². The molecule has 2 rings (SSSR count). The first-order valence-corrected chi connectivity index (χ1v) is 8.11. The SMILES string of the molecule is CS(=O)(=O)N1CCN(C(=O)c2cnn(CC(=O)O)c2)CC1. The Labute approximate surface area is 121 Å². The molecule has 1 saturated heterocycles. The number of aromatic nitrogens is 2. The van der Waals surface area contributed by atoms with E-state index >= 15 is 0 Å². The molecule has 0 atom stereocenters. The van der Waals surface area contributed by atoms with Crippen molar-refractivity contribution < 1.29 is 23.1 Å². The standard InChI is InChI=1S/C11H16N4O5S/c1-21(19,20)15-4-2-13(3-5-15)11(18)9-6-12-14(7-9)8-10(16)17/h6-7H,2-5,8H2,1H3,(H,16,17). The average Bonchev–Trinajstić information content (AvgIpc) is 2.84. The van der Waals surface area contributed by atoms with Gasteiger partial charge in [0, 0.05) is 32.4 Å². The van der Waals surface area contributed by atoms with Crippen molar-refractivity contribution in [3.05, 3.63) is 18.0 Å². The molecule has 0 unspecified atom stereocenters. The van der Waals surface area contributed by atoms with E-state index in [-0.39, 0.29) is 25.5 Å². The number of carboxylic acid groups (broad SMARTS) is 1. The number of hydrogen-bond acceptors (Lipinski definition) is 5. The van der Waals surface area contributed by atoms with Gasteiger partial charge in [-0.2, -0.15) is 9.40 Å². The summed E-state index contributed by atoms with van der Waals surface area (Å²) in [5.41, 5.74) is 0.295. The summed E-state index contributed by atoms with van der Waals surface area (Å²) in [6.45, 7) is 0.808. The summed E-state index contributed by atoms with van der Waals surface area (Å²) >= 11 is 0. The Bertz CT molecular complexity index is 645. The maximum Gasteiger partial charge on any atom is 0.325 e. The van der Waals surface area contributed by atoms with Gasteiger partial charge in [0.2, 0.25) is 10.0 Å². The molecule has 1 aliphatic rings. The summed E-state index contributed by atoms with van der Waals surface area (Å²) in [5.74, 6) is -1.32. The van der Waals surface area contributed by atoms with Crippen molar-refractivity contribution >= 4 is 21.9 Å². The molecule has 0 aromatic carbocycles. The van der Waals surface area contributed by atoms with Gasteiger partial charge in [0.05, 0.1) is 18.0 Å². The van der Waals surface area contributed by atoms with Crippen molar-refractivity contribution in [1.29, 1.82) is 0 Å². The van der Waals surface area contributed by atoms with Crippen LogP contribution in [0.4, 0.5) is 0 Å². The normalized spacial score (nSPS) is 16.9. The van der Waals surface area contributed by atoms with E-state index in [4.69, 9.17) is 5.11 Å². The molecular formula is C11H16N4O5S. The summed E-state index contributed by atoms with van der Waals surface area (Å²) in [7, 11) is -3.24. The van der Waals surface area contributed by atoms with Crippen LogP contribution in [0.2, 0.25) is 0 Å². The predicted octanol–water partition coefficient (Wildman–Crippen LogP) is -1.31. The van der Waals surface area contributed by atoms with Gasteiger partial charge in [0.1, 0.15) is 6.54 Å². The third-order valence-electron chi connectivity index (χ3n) is 3.17. The first-order valence-electron chi connectivity index (χ1n) is 6.26. The van der Waals surface area contributed by atoms with Crippen LogP contribution in [0.3, 0.4) is 0 Å². The van der Waals surface area contributed by atoms with Crippen molar-refractivity contribution in [3.63, 3.8) is 0 Å². The molecule has 0 spiro atoms. The molecule has 1 aromatic rings. The third-order valence-corrected chi connectivity index (χ3v) is 4.48. The Morgan fingerprint density at radius 3 is 2.43 bits per heavy atom. The second-order valence-corrected chi connectivity index (χ2v) is 6.76. The number of sulfonamides is 1. The van der Waals surface area contributed by atoms with Crippen LogP contribution in [-0.2, 0) is 21.4 Å². The second-order valence-electron chi connectivity index (χ2n) is 4.77. The molecule has 1 aromatic heterocycles. The van der Waals surface area contributed by atoms with Crippen molar-refractivity contribution in [1.82, 2.24) is 19.0 Å². The monoisotopic (exact) mass is 316 g/mol. The van der Waals surface area contributed by atoms with Gasteiger partial charge in [-0.3, -0.25) is 14.3 Å². The molecule has 10 heteroatoms. The maximum absolute atomic E-state index is 12.2. The maximum atomic E-state index is 12.2. The summed E-state index contributed by atoms with van der Waals surface area (Å²) in [4.78, 5) is 24.3. The van der Waals surface area contributed by atoms with Gasteiger partial charge in [-0.25, -0.2) is 8.42 Å². The minimum absolute atomic E-state index is 0.258. The van der Waals surface area contributed by atoms with Gasteiger partial charge < -0.3 is 10.0 Å². The van der Waals surface area contributed by atoms with Gasteiger partial charge in [-0.1, -0.05) is 0 Å². The number of nitrogens with zero attached hydrogens (tertiary/aromatic N) is 4. The summed E-state index contributed by atoms with van der Waals surface area (Å²) in [5, 5.41) is 12.5. The zero-order chi connectivity index (χ0) is 15.6. The Hall–Kier alpha value is -1.94. The van der Waals surface area contributed by atoms with Crippen LogP contribution in [0.15, 0.2) is 12.4 Å². The largest absolute Gasteiger partial charge is 0.480 e. The van der Waals surface area contributed by atoms with E-state index in [1.807, 2.05) is 0 Å². The average molecular weight is 316 g/mol. The number of carbonyl (C=O) groups is 2. The quantitative estimate of drug-likeness (QED) is 0.737. The molecule has 1 N–H and O–H groups in total. The lowest BCUT2D eigenvalue weighted by molar-refractivity contribution is -0.137. The fraction of sp³-hybridized carbons (Fsp3) is 0.545. The summed E-state index contributed by atoms with van der Waals surface area (Å²) < 4.78 is 25.3. The summed E-state index contributed by atoms with van der Waals surface area (Å²) in [6, 6.07) is 0. The van der Waals surface area contributed by atoms with Gasteiger partial charge in [0.15, 0.2) is 0 Å². The van der Waals surface area contributed by atoms with Crippen LogP contribution in [0.1, 0.15) is 10.4 Å². The lowest BCUT2D eigenvalue weighted by Crippen LogP contribution is -2.50. The molecule has 116 valence electrons. The molecule has 21 heavy (non-hydrogen) atoms. The zero-order valence-corrected chi connectivity index (χ0v) is 12.3. The van der Waals surface area contributed by atoms with Crippen LogP contribution >= 0.6 is 0 Å². The van der Waals surface area contributed by atoms with Gasteiger partial charge in [-0.05, 0) is 0 Å². The van der Waals surface area contributed by atoms with E-state index < -0.39 is 16.0 Å². The molecule has 9 nitrogen and oxygen atoms in total. The fourth-order valence-electron chi connectivity index (χ4n) is 2.10. The minimum Gasteiger partial charge on any atom is -0.480 e. The fourth-order valence-corrected chi connectivity index (χ4v) is 2.93. The molecule has 0 bridgehead atoms. The van der Waals surface area contributed by atoms with Crippen LogP contribution in [0.5, 0.6) is 0 Å². The Morgan fingerprint density at radius 2 is 1.90 bits per heavy atom. The highest BCUT2D eigenvalue weighted by atomic mass is 32.2. The molecule has 1 amide bonds. The van der Waals surface area contributed by atoms with E-state index in [9.17, 15) is 18.0 Å². The molecule has 1 aliphatic heterocycles. The number of aliphatic carboxylic acids is 1. The highest BCUT2D eigenvalue weighted by molar-refractivity contribution is 7.88. The minimum atomic E-state index is -3.24. The number of carboxylic acids is 1. The van der Waals surface area contributed by atoms with E-state index in [0.717, 1.165) is 6.26 Å². The molecule has 0 saturated carbocycles. The number of piperazine rings is 1. The number of hydrogen-bond donors (Lipinski definition) is 1. The summed E-state index contributed by atoms with van der Waals surface area (Å²) in [6.07, 6.45) is 3.83. The van der Waals surface area contributed by atoms with Crippen LogP contribution in [0.25, 0.3) is 0 Å². The Kier molecular flexibility index (Phi) is 4.28. The Balaban J connectivity index is 1.99. The second kappa shape index (κ2) is 5.82. The number of carbonyl (C=O) groups excluding carboxylic acids is 1. The highest BCUT2D eigenvalue weighted by Gasteiger charge is 2.27. The number of amides is 1. The lowest BCUT2D eigenvalue weighted by Gasteiger charge is -2.33. The van der Waals surface area contributed by atoms with Crippen molar-refractivity contribution in [2.24, 2.45) is 0 Å². The van der Waals surface area contributed by atoms with E-state index in [1.54, 1.807) is 0 Å². The molecule has 0 radical (unpaired) electrons. The van der Waals surface area contributed by atoms with Crippen molar-refractivity contribution in [2.45, 2.75) is 6.54 Å². The van der Waals surface area contributed by atoms with Crippen LogP contribution < -0.4 is 0 Å². The first kappa shape index (κ1) is 15.4. The first-order chi connectivity index (χ1) is 9.77. The molecule has 0 aliphatic carbocycles. The van der Waals surface area contributed by atoms with Crippen molar-refractivity contribution in [2.75, 3.05) is 32.4 Å². The van der Waals surface area contributed by atoms with Gasteiger partial charge in [0.25, 0.3) is 5.91 Å². The number of rotatable bonds is 4. The van der Waals surface area contributed by atoms with E-state index in [2.05, 4.69) is 5.10 Å². The topological polar surface area (TPSA) is 113 Å². The lowest BCUT2D eigenvalue weighted by atomic mass is 10.2. The van der Waals surface area contributed by atoms with Gasteiger partial charge in [-0.15, -0.1) is 0 Å². The van der Waals surface area contributed by atoms with Crippen LogP contribution in [0, 0.1) is 0 Å². The third kappa shape index (κ3) is 3.79. The van der Waals surface area contributed by atoms with E-state index in [1.165, 1.54) is 26.3 Å². The Morgan fingerprint density at radius 1 is 1.29 bits per heavy atom. The molecule has 1 fully saturated rings. The smallest absolute Gasteiger partial charge is 0.325 e. The zero-order valence-electron chi connectivity index (χ0n) is 11.5. The van der Waals surface area contributed by atoms with E-state index in [0.29, 0.717) is 18.7 Å². The van der Waals surface area contributed by atoms with Gasteiger partial charge >= 0.3 is 5.97 Å². The molecule has 2 heterocycles. The molecular weight excluding hydrogens is 300 g/mol.